The minimum absolute atomic E-state index is 0.0796. The molecule has 19 heavy (non-hydrogen) atoms. The van der Waals surface area contributed by atoms with Gasteiger partial charge in [-0.3, -0.25) is 0 Å². The van der Waals surface area contributed by atoms with Gasteiger partial charge >= 0.3 is 0 Å². The zero-order valence-electron chi connectivity index (χ0n) is 10.8. The largest absolute Gasteiger partial charge is 0.450 e. The highest BCUT2D eigenvalue weighted by atomic mass is 79.9. The SMILES string of the molecule is CN(C)C1CCN(S(=O)(=O)c2cc(CO)oc2Br)C1. The highest BCUT2D eigenvalue weighted by Gasteiger charge is 2.35. The Bertz CT molecular complexity index is 555. The third-order valence-electron chi connectivity index (χ3n) is 3.34. The first kappa shape index (κ1) is 15.0. The van der Waals surface area contributed by atoms with Crippen LogP contribution in [0.15, 0.2) is 20.0 Å². The Morgan fingerprint density at radius 1 is 1.58 bits per heavy atom. The van der Waals surface area contributed by atoms with Gasteiger partial charge in [0, 0.05) is 25.2 Å². The maximum Gasteiger partial charge on any atom is 0.247 e. The number of furan rings is 1. The van der Waals surface area contributed by atoms with Crippen molar-refractivity contribution < 1.29 is 17.9 Å². The van der Waals surface area contributed by atoms with E-state index >= 15 is 0 Å². The molecule has 1 aromatic heterocycles. The lowest BCUT2D eigenvalue weighted by molar-refractivity contribution is 0.245. The number of rotatable bonds is 4. The van der Waals surface area contributed by atoms with Gasteiger partial charge in [-0.2, -0.15) is 4.31 Å². The Kier molecular flexibility index (Phi) is 4.36. The molecule has 1 unspecified atom stereocenters. The van der Waals surface area contributed by atoms with Crippen LogP contribution in [0.1, 0.15) is 12.2 Å². The molecule has 2 heterocycles. The van der Waals surface area contributed by atoms with Crippen LogP contribution in [0.5, 0.6) is 0 Å². The van der Waals surface area contributed by atoms with Crippen molar-refractivity contribution in [3.05, 3.63) is 16.5 Å². The van der Waals surface area contributed by atoms with E-state index in [0.717, 1.165) is 6.42 Å². The summed E-state index contributed by atoms with van der Waals surface area (Å²) in [5, 5.41) is 8.99. The van der Waals surface area contributed by atoms with Gasteiger partial charge in [-0.25, -0.2) is 8.42 Å². The predicted molar refractivity (Wildman–Crippen MR) is 73.2 cm³/mol. The molecule has 0 aliphatic carbocycles. The van der Waals surface area contributed by atoms with Gasteiger partial charge in [0.1, 0.15) is 17.3 Å². The van der Waals surface area contributed by atoms with Crippen LogP contribution in [-0.2, 0) is 16.6 Å². The lowest BCUT2D eigenvalue weighted by Crippen LogP contribution is -2.34. The first-order valence-corrected chi connectivity index (χ1v) is 8.15. The van der Waals surface area contributed by atoms with Crippen molar-refractivity contribution in [2.75, 3.05) is 27.2 Å². The molecule has 6 nitrogen and oxygen atoms in total. The number of halogens is 1. The maximum atomic E-state index is 12.5. The van der Waals surface area contributed by atoms with Gasteiger partial charge in [0.2, 0.25) is 10.0 Å². The normalized spacial score (nSPS) is 21.4. The summed E-state index contributed by atoms with van der Waals surface area (Å²) in [7, 11) is 0.316. The third-order valence-corrected chi connectivity index (χ3v) is 6.06. The molecule has 0 saturated carbocycles. The van der Waals surface area contributed by atoms with Crippen LogP contribution in [0.4, 0.5) is 0 Å². The van der Waals surface area contributed by atoms with E-state index in [9.17, 15) is 8.42 Å². The highest BCUT2D eigenvalue weighted by molar-refractivity contribution is 9.10. The number of nitrogens with zero attached hydrogens (tertiary/aromatic N) is 2. The molecule has 1 fully saturated rings. The summed E-state index contributed by atoms with van der Waals surface area (Å²) in [6.45, 7) is 0.646. The topological polar surface area (TPSA) is 74.0 Å². The standard InChI is InChI=1S/C11H17BrN2O4S/c1-13(2)8-3-4-14(6-8)19(16,17)10-5-9(7-15)18-11(10)12/h5,8,15H,3-4,6-7H2,1-2H3. The summed E-state index contributed by atoms with van der Waals surface area (Å²) >= 11 is 3.09. The monoisotopic (exact) mass is 352 g/mol. The summed E-state index contributed by atoms with van der Waals surface area (Å²) in [5.74, 6) is 0.230. The van der Waals surface area contributed by atoms with Crippen LogP contribution in [-0.4, -0.2) is 56.0 Å². The summed E-state index contributed by atoms with van der Waals surface area (Å²) in [6, 6.07) is 1.60. The van der Waals surface area contributed by atoms with Crippen molar-refractivity contribution in [2.45, 2.75) is 24.0 Å². The van der Waals surface area contributed by atoms with Crippen LogP contribution < -0.4 is 0 Å². The first-order chi connectivity index (χ1) is 8.86. The average molecular weight is 353 g/mol. The molecule has 1 aliphatic heterocycles. The lowest BCUT2D eigenvalue weighted by atomic mass is 10.2. The molecule has 1 aliphatic rings. The van der Waals surface area contributed by atoms with E-state index in [1.807, 2.05) is 19.0 Å². The molecule has 1 saturated heterocycles. The van der Waals surface area contributed by atoms with Gasteiger partial charge < -0.3 is 14.4 Å². The van der Waals surface area contributed by atoms with Crippen LogP contribution in [0.2, 0.25) is 0 Å². The average Bonchev–Trinajstić information content (AvgIpc) is 2.95. The molecule has 0 bridgehead atoms. The Balaban J connectivity index is 2.26. The van der Waals surface area contributed by atoms with Gasteiger partial charge in [0.05, 0.1) is 0 Å². The summed E-state index contributed by atoms with van der Waals surface area (Å²) < 4.78 is 31.7. The fourth-order valence-electron chi connectivity index (χ4n) is 2.14. The summed E-state index contributed by atoms with van der Waals surface area (Å²) in [4.78, 5) is 2.11. The van der Waals surface area contributed by atoms with E-state index in [-0.39, 0.29) is 28.0 Å². The van der Waals surface area contributed by atoms with Gasteiger partial charge in [0.25, 0.3) is 0 Å². The highest BCUT2D eigenvalue weighted by Crippen LogP contribution is 2.30. The fourth-order valence-corrected chi connectivity index (χ4v) is 4.59. The van der Waals surface area contributed by atoms with E-state index in [0.29, 0.717) is 13.1 Å². The molecule has 0 radical (unpaired) electrons. The molecule has 1 aromatic rings. The second-order valence-electron chi connectivity index (χ2n) is 4.78. The van der Waals surface area contributed by atoms with Crippen molar-refractivity contribution in [3.8, 4) is 0 Å². The molecular formula is C11H17BrN2O4S. The predicted octanol–water partition coefficient (Wildman–Crippen LogP) is 0.859. The fraction of sp³-hybridized carbons (Fsp3) is 0.636. The Hall–Kier alpha value is -0.410. The Morgan fingerprint density at radius 3 is 2.74 bits per heavy atom. The quantitative estimate of drug-likeness (QED) is 0.869. The van der Waals surface area contributed by atoms with Gasteiger partial charge in [-0.1, -0.05) is 0 Å². The maximum absolute atomic E-state index is 12.5. The molecule has 0 aromatic carbocycles. The zero-order chi connectivity index (χ0) is 14.2. The van der Waals surface area contributed by atoms with Gasteiger partial charge in [0.15, 0.2) is 4.67 Å². The first-order valence-electron chi connectivity index (χ1n) is 5.92. The Morgan fingerprint density at radius 2 is 2.26 bits per heavy atom. The van der Waals surface area contributed by atoms with Crippen LogP contribution in [0, 0.1) is 0 Å². The van der Waals surface area contributed by atoms with E-state index in [1.165, 1.54) is 10.4 Å². The zero-order valence-corrected chi connectivity index (χ0v) is 13.2. The summed E-state index contributed by atoms with van der Waals surface area (Å²) in [5.41, 5.74) is 0. The molecule has 108 valence electrons. The number of sulfonamides is 1. The minimum atomic E-state index is -3.57. The number of aliphatic hydroxyl groups excluding tert-OH is 1. The Labute approximate surface area is 121 Å². The molecule has 8 heteroatoms. The number of aliphatic hydroxyl groups is 1. The molecule has 2 rings (SSSR count). The van der Waals surface area contributed by atoms with Crippen molar-refractivity contribution in [2.24, 2.45) is 0 Å². The molecule has 1 N–H and O–H groups in total. The minimum Gasteiger partial charge on any atom is -0.450 e. The molecule has 1 atom stereocenters. The molecular weight excluding hydrogens is 336 g/mol. The van der Waals surface area contributed by atoms with Crippen LogP contribution in [0.3, 0.4) is 0 Å². The van der Waals surface area contributed by atoms with Crippen molar-refractivity contribution in [1.82, 2.24) is 9.21 Å². The van der Waals surface area contributed by atoms with Crippen molar-refractivity contribution >= 4 is 26.0 Å². The van der Waals surface area contributed by atoms with E-state index in [2.05, 4.69) is 15.9 Å². The third kappa shape index (κ3) is 2.87. The van der Waals surface area contributed by atoms with Crippen LogP contribution in [0.25, 0.3) is 0 Å². The summed E-state index contributed by atoms with van der Waals surface area (Å²) in [6.07, 6.45) is 0.814. The lowest BCUT2D eigenvalue weighted by Gasteiger charge is -2.19. The second kappa shape index (κ2) is 5.53. The second-order valence-corrected chi connectivity index (χ2v) is 7.40. The molecule has 0 spiro atoms. The number of likely N-dealkylation sites (N-methyl/N-ethyl adjacent to an activating group) is 1. The number of hydrogen-bond acceptors (Lipinski definition) is 5. The van der Waals surface area contributed by atoms with E-state index in [1.54, 1.807) is 0 Å². The van der Waals surface area contributed by atoms with Crippen molar-refractivity contribution in [1.29, 1.82) is 0 Å². The van der Waals surface area contributed by atoms with Gasteiger partial charge in [-0.15, -0.1) is 0 Å². The van der Waals surface area contributed by atoms with Crippen molar-refractivity contribution in [3.63, 3.8) is 0 Å². The van der Waals surface area contributed by atoms with E-state index < -0.39 is 10.0 Å². The van der Waals surface area contributed by atoms with Gasteiger partial charge in [-0.05, 0) is 36.4 Å². The number of hydrogen-bond donors (Lipinski definition) is 1. The molecule has 0 amide bonds. The smallest absolute Gasteiger partial charge is 0.247 e. The van der Waals surface area contributed by atoms with E-state index in [4.69, 9.17) is 9.52 Å². The van der Waals surface area contributed by atoms with Crippen LogP contribution >= 0.6 is 15.9 Å².